The van der Waals surface area contributed by atoms with Gasteiger partial charge in [0.1, 0.15) is 16.9 Å². The van der Waals surface area contributed by atoms with Crippen LogP contribution in [0.4, 0.5) is 5.69 Å². The fourth-order valence-electron chi connectivity index (χ4n) is 2.58. The van der Waals surface area contributed by atoms with Gasteiger partial charge in [-0.3, -0.25) is 14.9 Å². The number of amides is 1. The van der Waals surface area contributed by atoms with Crippen molar-refractivity contribution in [3.05, 3.63) is 33.1 Å². The quantitative estimate of drug-likeness (QED) is 0.528. The Kier molecular flexibility index (Phi) is 3.94. The van der Waals surface area contributed by atoms with Crippen LogP contribution in [0.2, 0.25) is 5.15 Å². The Hall–Kier alpha value is -1.69. The van der Waals surface area contributed by atoms with Crippen LogP contribution >= 0.6 is 11.6 Å². The molecule has 0 aromatic carbocycles. The smallest absolute Gasteiger partial charge is 0.300 e. The SMILES string of the molecule is CC1(C)CCCC1NC(=O)c1cc(Cl)ncc1[N+](=O)[O-]. The average Bonchev–Trinajstić information content (AvgIpc) is 2.68. The molecule has 0 saturated heterocycles. The van der Waals surface area contributed by atoms with E-state index in [2.05, 4.69) is 24.1 Å². The zero-order chi connectivity index (χ0) is 14.9. The van der Waals surface area contributed by atoms with Crippen molar-refractivity contribution in [1.29, 1.82) is 0 Å². The summed E-state index contributed by atoms with van der Waals surface area (Å²) in [6, 6.07) is 1.25. The summed E-state index contributed by atoms with van der Waals surface area (Å²) in [5, 5.41) is 13.9. The van der Waals surface area contributed by atoms with Crippen molar-refractivity contribution in [3.63, 3.8) is 0 Å². The highest BCUT2D eigenvalue weighted by molar-refractivity contribution is 6.29. The first-order chi connectivity index (χ1) is 9.31. The number of hydrogen-bond acceptors (Lipinski definition) is 4. The fourth-order valence-corrected chi connectivity index (χ4v) is 2.74. The molecule has 7 heteroatoms. The summed E-state index contributed by atoms with van der Waals surface area (Å²) in [6.45, 7) is 4.16. The summed E-state index contributed by atoms with van der Waals surface area (Å²) in [5.74, 6) is -0.471. The number of aromatic nitrogens is 1. The lowest BCUT2D eigenvalue weighted by Gasteiger charge is -2.27. The van der Waals surface area contributed by atoms with Crippen molar-refractivity contribution in [3.8, 4) is 0 Å². The minimum absolute atomic E-state index is 0.00125. The molecule has 1 aliphatic rings. The largest absolute Gasteiger partial charge is 0.349 e. The number of carbonyl (C=O) groups is 1. The summed E-state index contributed by atoms with van der Waals surface area (Å²) in [6.07, 6.45) is 3.96. The number of nitrogens with one attached hydrogen (secondary N) is 1. The molecular weight excluding hydrogens is 282 g/mol. The van der Waals surface area contributed by atoms with Gasteiger partial charge in [0.05, 0.1) is 4.92 Å². The second-order valence-corrected chi connectivity index (χ2v) is 6.08. The molecule has 0 radical (unpaired) electrons. The highest BCUT2D eigenvalue weighted by atomic mass is 35.5. The highest BCUT2D eigenvalue weighted by Crippen LogP contribution is 2.37. The lowest BCUT2D eigenvalue weighted by atomic mass is 9.87. The van der Waals surface area contributed by atoms with Crippen molar-refractivity contribution in [2.24, 2.45) is 5.41 Å². The van der Waals surface area contributed by atoms with Gasteiger partial charge in [-0.1, -0.05) is 31.9 Å². The monoisotopic (exact) mass is 297 g/mol. The van der Waals surface area contributed by atoms with E-state index in [4.69, 9.17) is 11.6 Å². The first-order valence-corrected chi connectivity index (χ1v) is 6.80. The van der Waals surface area contributed by atoms with Crippen LogP contribution in [0.15, 0.2) is 12.3 Å². The molecule has 1 N–H and O–H groups in total. The van der Waals surface area contributed by atoms with E-state index < -0.39 is 10.8 Å². The molecular formula is C13H16ClN3O3. The molecule has 1 atom stereocenters. The van der Waals surface area contributed by atoms with Gasteiger partial charge in [0.25, 0.3) is 11.6 Å². The van der Waals surface area contributed by atoms with Gasteiger partial charge in [-0.15, -0.1) is 0 Å². The summed E-state index contributed by atoms with van der Waals surface area (Å²) >= 11 is 5.72. The number of nitro groups is 1. The molecule has 20 heavy (non-hydrogen) atoms. The van der Waals surface area contributed by atoms with Gasteiger partial charge in [0.2, 0.25) is 0 Å². The molecule has 1 aliphatic carbocycles. The van der Waals surface area contributed by atoms with Crippen LogP contribution in [-0.2, 0) is 0 Å². The minimum Gasteiger partial charge on any atom is -0.349 e. The third kappa shape index (κ3) is 2.90. The zero-order valence-corrected chi connectivity index (χ0v) is 12.1. The van der Waals surface area contributed by atoms with Crippen LogP contribution < -0.4 is 5.32 Å². The van der Waals surface area contributed by atoms with E-state index in [0.717, 1.165) is 25.5 Å². The Morgan fingerprint density at radius 3 is 2.85 bits per heavy atom. The predicted molar refractivity (Wildman–Crippen MR) is 74.8 cm³/mol. The number of halogens is 1. The van der Waals surface area contributed by atoms with Gasteiger partial charge in [-0.05, 0) is 24.3 Å². The Balaban J connectivity index is 2.25. The molecule has 0 bridgehead atoms. The van der Waals surface area contributed by atoms with Crippen LogP contribution in [-0.4, -0.2) is 21.9 Å². The van der Waals surface area contributed by atoms with Crippen molar-refractivity contribution in [2.75, 3.05) is 0 Å². The van der Waals surface area contributed by atoms with Gasteiger partial charge in [0.15, 0.2) is 0 Å². The molecule has 1 aromatic heterocycles. The second kappa shape index (κ2) is 5.36. The van der Waals surface area contributed by atoms with Crippen molar-refractivity contribution >= 4 is 23.2 Å². The maximum absolute atomic E-state index is 12.3. The Morgan fingerprint density at radius 1 is 1.60 bits per heavy atom. The third-order valence-electron chi connectivity index (χ3n) is 3.85. The molecule has 0 spiro atoms. The summed E-state index contributed by atoms with van der Waals surface area (Å²) < 4.78 is 0. The Bertz CT molecular complexity index is 560. The zero-order valence-electron chi connectivity index (χ0n) is 11.4. The minimum atomic E-state index is -0.627. The van der Waals surface area contributed by atoms with Crippen LogP contribution in [0, 0.1) is 15.5 Å². The van der Waals surface area contributed by atoms with Crippen molar-refractivity contribution < 1.29 is 9.72 Å². The van der Waals surface area contributed by atoms with Crippen LogP contribution in [0.1, 0.15) is 43.5 Å². The summed E-state index contributed by atoms with van der Waals surface area (Å²) in [7, 11) is 0. The number of hydrogen-bond donors (Lipinski definition) is 1. The molecule has 0 aliphatic heterocycles. The first-order valence-electron chi connectivity index (χ1n) is 6.42. The van der Waals surface area contributed by atoms with Gasteiger partial charge >= 0.3 is 0 Å². The Labute approximate surface area is 121 Å². The maximum Gasteiger partial charge on any atom is 0.300 e. The molecule has 108 valence electrons. The van der Waals surface area contributed by atoms with Crippen molar-refractivity contribution in [2.45, 2.75) is 39.2 Å². The molecule has 1 heterocycles. The first kappa shape index (κ1) is 14.7. The average molecular weight is 298 g/mol. The van der Waals surface area contributed by atoms with E-state index in [0.29, 0.717) is 0 Å². The molecule has 1 fully saturated rings. The molecule has 6 nitrogen and oxygen atoms in total. The summed E-state index contributed by atoms with van der Waals surface area (Å²) in [4.78, 5) is 26.2. The van der Waals surface area contributed by atoms with E-state index in [1.54, 1.807) is 0 Å². The Morgan fingerprint density at radius 2 is 2.30 bits per heavy atom. The number of carbonyl (C=O) groups excluding carboxylic acids is 1. The topological polar surface area (TPSA) is 85.1 Å². The normalized spacial score (nSPS) is 20.6. The van der Waals surface area contributed by atoms with Crippen LogP contribution in [0.3, 0.4) is 0 Å². The molecule has 1 amide bonds. The van der Waals surface area contributed by atoms with Gasteiger partial charge in [0, 0.05) is 6.04 Å². The standard InChI is InChI=1S/C13H16ClN3O3/c1-13(2)5-3-4-10(13)16-12(18)8-6-11(14)15-7-9(8)17(19)20/h6-7,10H,3-5H2,1-2H3,(H,16,18). The highest BCUT2D eigenvalue weighted by Gasteiger charge is 2.36. The lowest BCUT2D eigenvalue weighted by molar-refractivity contribution is -0.385. The molecule has 2 rings (SSSR count). The van der Waals surface area contributed by atoms with Gasteiger partial charge in [-0.25, -0.2) is 4.98 Å². The third-order valence-corrected chi connectivity index (χ3v) is 4.06. The predicted octanol–water partition coefficient (Wildman–Crippen LogP) is 2.95. The second-order valence-electron chi connectivity index (χ2n) is 5.69. The van der Waals surface area contributed by atoms with Crippen LogP contribution in [0.5, 0.6) is 0 Å². The lowest BCUT2D eigenvalue weighted by Crippen LogP contribution is -2.41. The van der Waals surface area contributed by atoms with E-state index in [1.165, 1.54) is 6.07 Å². The van der Waals surface area contributed by atoms with Crippen LogP contribution in [0.25, 0.3) is 0 Å². The molecule has 1 saturated carbocycles. The summed E-state index contributed by atoms with van der Waals surface area (Å²) in [5.41, 5.74) is -0.373. The number of nitrogens with zero attached hydrogens (tertiary/aromatic N) is 2. The van der Waals surface area contributed by atoms with E-state index in [-0.39, 0.29) is 27.9 Å². The molecule has 1 aromatic rings. The maximum atomic E-state index is 12.3. The fraction of sp³-hybridized carbons (Fsp3) is 0.538. The van der Waals surface area contributed by atoms with Gasteiger partial charge in [-0.2, -0.15) is 0 Å². The number of rotatable bonds is 3. The van der Waals surface area contributed by atoms with Gasteiger partial charge < -0.3 is 5.32 Å². The van der Waals surface area contributed by atoms with E-state index >= 15 is 0 Å². The van der Waals surface area contributed by atoms with E-state index in [9.17, 15) is 14.9 Å². The van der Waals surface area contributed by atoms with Crippen molar-refractivity contribution in [1.82, 2.24) is 10.3 Å². The number of pyridine rings is 1. The molecule has 1 unspecified atom stereocenters. The van der Waals surface area contributed by atoms with E-state index in [1.807, 2.05) is 0 Å².